The smallest absolute Gasteiger partial charge is 0.288 e. The molecule has 0 aromatic heterocycles. The lowest BCUT2D eigenvalue weighted by atomic mass is 10.1. The third-order valence-electron chi connectivity index (χ3n) is 3.08. The van der Waals surface area contributed by atoms with Crippen molar-refractivity contribution in [3.63, 3.8) is 0 Å². The van der Waals surface area contributed by atoms with E-state index in [1.165, 1.54) is 0 Å². The molecule has 0 saturated carbocycles. The van der Waals surface area contributed by atoms with Gasteiger partial charge < -0.3 is 10.1 Å². The number of anilines is 1. The van der Waals surface area contributed by atoms with Crippen LogP contribution in [0.5, 0.6) is 5.75 Å². The van der Waals surface area contributed by atoms with Crippen LogP contribution in [0.1, 0.15) is 18.5 Å². The zero-order valence-corrected chi connectivity index (χ0v) is 12.7. The van der Waals surface area contributed by atoms with E-state index in [1.54, 1.807) is 19.2 Å². The highest BCUT2D eigenvalue weighted by Gasteiger charge is 2.07. The van der Waals surface area contributed by atoms with E-state index in [0.717, 1.165) is 17.0 Å². The predicted molar refractivity (Wildman–Crippen MR) is 83.3 cm³/mol. The van der Waals surface area contributed by atoms with Crippen molar-refractivity contribution < 1.29 is 13.5 Å². The Labute approximate surface area is 127 Å². The zero-order chi connectivity index (χ0) is 15.2. The van der Waals surface area contributed by atoms with Crippen molar-refractivity contribution in [3.8, 4) is 5.75 Å². The Morgan fingerprint density at radius 1 is 1.00 bits per heavy atom. The van der Waals surface area contributed by atoms with Crippen LogP contribution < -0.4 is 10.1 Å². The van der Waals surface area contributed by atoms with Gasteiger partial charge in [-0.05, 0) is 48.9 Å². The molecule has 112 valence electrons. The lowest BCUT2D eigenvalue weighted by molar-refractivity contribution is 0.252. The summed E-state index contributed by atoms with van der Waals surface area (Å²) in [4.78, 5) is 0.563. The third kappa shape index (κ3) is 4.63. The largest absolute Gasteiger partial charge is 0.497 e. The Kier molecular flexibility index (Phi) is 5.44. The molecule has 0 radical (unpaired) electrons. The first-order chi connectivity index (χ1) is 10.1. The molecule has 1 atom stereocenters. The Morgan fingerprint density at radius 2 is 1.62 bits per heavy atom. The first-order valence-corrected chi connectivity index (χ1v) is 7.42. The number of hydrogen-bond acceptors (Lipinski definition) is 3. The summed E-state index contributed by atoms with van der Waals surface area (Å²) in [5.74, 6) is -1.57. The van der Waals surface area contributed by atoms with Crippen LogP contribution in [-0.4, -0.2) is 12.9 Å². The molecule has 1 N–H and O–H groups in total. The maximum atomic E-state index is 12.3. The molecule has 0 heterocycles. The second kappa shape index (κ2) is 7.31. The molecule has 2 nitrogen and oxygen atoms in total. The maximum Gasteiger partial charge on any atom is 0.288 e. The van der Waals surface area contributed by atoms with Crippen molar-refractivity contribution in [2.45, 2.75) is 23.6 Å². The highest BCUT2D eigenvalue weighted by Crippen LogP contribution is 2.27. The lowest BCUT2D eigenvalue weighted by Gasteiger charge is -2.16. The lowest BCUT2D eigenvalue weighted by Crippen LogP contribution is -2.06. The summed E-state index contributed by atoms with van der Waals surface area (Å²) in [5.41, 5.74) is 2.03. The van der Waals surface area contributed by atoms with E-state index in [2.05, 4.69) is 5.32 Å². The molecule has 0 amide bonds. The van der Waals surface area contributed by atoms with E-state index in [4.69, 9.17) is 4.74 Å². The van der Waals surface area contributed by atoms with E-state index in [0.29, 0.717) is 16.7 Å². The quantitative estimate of drug-likeness (QED) is 0.743. The van der Waals surface area contributed by atoms with Gasteiger partial charge >= 0.3 is 0 Å². The fourth-order valence-electron chi connectivity index (χ4n) is 1.96. The molecule has 2 aromatic carbocycles. The average molecular weight is 309 g/mol. The van der Waals surface area contributed by atoms with Gasteiger partial charge in [0.1, 0.15) is 5.75 Å². The first kappa shape index (κ1) is 15.6. The Hall–Kier alpha value is -1.75. The standard InChI is InChI=1S/C16H17F2NOS/c1-11(12-3-7-14(20-2)8-4-12)19-13-5-9-15(10-6-13)21-16(17)18/h3-11,16,19H,1-2H3. The molecular formula is C16H17F2NOS. The number of ether oxygens (including phenoxy) is 1. The van der Waals surface area contributed by atoms with Crippen molar-refractivity contribution in [2.75, 3.05) is 12.4 Å². The monoisotopic (exact) mass is 309 g/mol. The van der Waals surface area contributed by atoms with Crippen LogP contribution in [0.25, 0.3) is 0 Å². The highest BCUT2D eigenvalue weighted by atomic mass is 32.2. The van der Waals surface area contributed by atoms with Crippen LogP contribution in [0.15, 0.2) is 53.4 Å². The Balaban J connectivity index is 1.99. The topological polar surface area (TPSA) is 21.3 Å². The van der Waals surface area contributed by atoms with Gasteiger partial charge in [0.25, 0.3) is 5.76 Å². The van der Waals surface area contributed by atoms with Crippen LogP contribution in [0.4, 0.5) is 14.5 Å². The van der Waals surface area contributed by atoms with Gasteiger partial charge in [-0.25, -0.2) is 0 Å². The van der Waals surface area contributed by atoms with Gasteiger partial charge in [-0.1, -0.05) is 23.9 Å². The van der Waals surface area contributed by atoms with E-state index in [-0.39, 0.29) is 6.04 Å². The molecule has 0 aliphatic carbocycles. The molecule has 21 heavy (non-hydrogen) atoms. The van der Waals surface area contributed by atoms with Crippen molar-refractivity contribution in [1.82, 2.24) is 0 Å². The minimum Gasteiger partial charge on any atom is -0.497 e. The number of methoxy groups -OCH3 is 1. The van der Waals surface area contributed by atoms with Crippen molar-refractivity contribution in [3.05, 3.63) is 54.1 Å². The van der Waals surface area contributed by atoms with Crippen LogP contribution in [0, 0.1) is 0 Å². The molecule has 0 aliphatic rings. The number of thioether (sulfide) groups is 1. The molecule has 0 aliphatic heterocycles. The van der Waals surface area contributed by atoms with Crippen molar-refractivity contribution in [2.24, 2.45) is 0 Å². The summed E-state index contributed by atoms with van der Waals surface area (Å²) in [5, 5.41) is 3.34. The summed E-state index contributed by atoms with van der Waals surface area (Å²) < 4.78 is 29.6. The summed E-state index contributed by atoms with van der Waals surface area (Å²) in [6, 6.07) is 14.9. The predicted octanol–water partition coefficient (Wildman–Crippen LogP) is 5.18. The van der Waals surface area contributed by atoms with Crippen LogP contribution in [-0.2, 0) is 0 Å². The summed E-state index contributed by atoms with van der Waals surface area (Å²) in [6.07, 6.45) is 0. The first-order valence-electron chi connectivity index (χ1n) is 6.54. The number of hydrogen-bond donors (Lipinski definition) is 1. The fourth-order valence-corrected chi connectivity index (χ4v) is 2.46. The van der Waals surface area contributed by atoms with Crippen LogP contribution >= 0.6 is 11.8 Å². The summed E-state index contributed by atoms with van der Waals surface area (Å²) in [6.45, 7) is 2.05. The van der Waals surface area contributed by atoms with Crippen molar-refractivity contribution >= 4 is 17.4 Å². The van der Waals surface area contributed by atoms with Gasteiger partial charge in [-0.2, -0.15) is 8.78 Å². The molecule has 0 spiro atoms. The van der Waals surface area contributed by atoms with Crippen LogP contribution in [0.2, 0.25) is 0 Å². The molecule has 0 fully saturated rings. The Bertz CT molecular complexity index is 557. The SMILES string of the molecule is COc1ccc(C(C)Nc2ccc(SC(F)F)cc2)cc1. The number of rotatable bonds is 6. The van der Waals surface area contributed by atoms with Gasteiger partial charge in [0, 0.05) is 16.6 Å². The molecule has 2 aromatic rings. The van der Waals surface area contributed by atoms with Gasteiger partial charge in [-0.3, -0.25) is 0 Å². The minimum atomic E-state index is -2.39. The molecular weight excluding hydrogens is 292 g/mol. The second-order valence-electron chi connectivity index (χ2n) is 4.54. The number of benzene rings is 2. The van der Waals surface area contributed by atoms with E-state index in [1.807, 2.05) is 43.3 Å². The summed E-state index contributed by atoms with van der Waals surface area (Å²) in [7, 11) is 1.63. The van der Waals surface area contributed by atoms with Crippen molar-refractivity contribution in [1.29, 1.82) is 0 Å². The number of halogens is 2. The second-order valence-corrected chi connectivity index (χ2v) is 5.61. The molecule has 1 unspecified atom stereocenters. The van der Waals surface area contributed by atoms with E-state index in [9.17, 15) is 8.78 Å². The maximum absolute atomic E-state index is 12.3. The van der Waals surface area contributed by atoms with Crippen LogP contribution in [0.3, 0.4) is 0 Å². The van der Waals surface area contributed by atoms with Gasteiger partial charge in [0.15, 0.2) is 0 Å². The normalized spacial score (nSPS) is 12.2. The van der Waals surface area contributed by atoms with E-state index >= 15 is 0 Å². The fraction of sp³-hybridized carbons (Fsp3) is 0.250. The Morgan fingerprint density at radius 3 is 2.14 bits per heavy atom. The zero-order valence-electron chi connectivity index (χ0n) is 11.8. The molecule has 2 rings (SSSR count). The average Bonchev–Trinajstić information content (AvgIpc) is 2.49. The third-order valence-corrected chi connectivity index (χ3v) is 3.80. The molecule has 0 bridgehead atoms. The highest BCUT2D eigenvalue weighted by molar-refractivity contribution is 7.99. The molecule has 5 heteroatoms. The summed E-state index contributed by atoms with van der Waals surface area (Å²) >= 11 is 0.551. The minimum absolute atomic E-state index is 0.115. The van der Waals surface area contributed by atoms with Gasteiger partial charge in [0.05, 0.1) is 7.11 Å². The van der Waals surface area contributed by atoms with E-state index < -0.39 is 5.76 Å². The van der Waals surface area contributed by atoms with Gasteiger partial charge in [-0.15, -0.1) is 0 Å². The molecule has 0 saturated heterocycles. The number of nitrogens with one attached hydrogen (secondary N) is 1. The number of alkyl halides is 2. The van der Waals surface area contributed by atoms with Gasteiger partial charge in [0.2, 0.25) is 0 Å².